The number of nitrogen functional groups attached to an aromatic ring is 2. The van der Waals surface area contributed by atoms with Crippen molar-refractivity contribution in [2.24, 2.45) is 0 Å². The van der Waals surface area contributed by atoms with Gasteiger partial charge in [-0.05, 0) is 146 Å². The highest BCUT2D eigenvalue weighted by Gasteiger charge is 2.08. The van der Waals surface area contributed by atoms with Gasteiger partial charge in [0.25, 0.3) is 0 Å². The molecule has 0 aliphatic rings. The van der Waals surface area contributed by atoms with Crippen molar-refractivity contribution >= 4 is 11.4 Å². The Balaban J connectivity index is 1.00. The number of aryl methyl sites for hydroxylation is 4. The molecule has 0 radical (unpaired) electrons. The van der Waals surface area contributed by atoms with E-state index in [9.17, 15) is 0 Å². The summed E-state index contributed by atoms with van der Waals surface area (Å²) < 4.78 is 0. The van der Waals surface area contributed by atoms with E-state index in [1.165, 1.54) is 134 Å². The number of unbranched alkanes of at least 4 members (excludes halogenated alkanes) is 11. The number of hydrogen-bond donors (Lipinski definition) is 2. The normalized spacial score (nSPS) is 11.3. The van der Waals surface area contributed by atoms with E-state index in [2.05, 4.69) is 76.2 Å². The standard InChI is InChI=1S/C44H60N2/c1-33-27-39(31-37-19-23-41(45)24-20-37)28-34(2)43(33)17-15-13-11-9-7-5-6-8-10-12-14-16-18-44-35(3)29-40(30-36(44)4)32-38-21-25-42(46)26-22-38/h19-30H,5-18,31-32,45-46H2,1-4H3. The highest BCUT2D eigenvalue weighted by molar-refractivity contribution is 5.44. The van der Waals surface area contributed by atoms with Crippen LogP contribution in [0.5, 0.6) is 0 Å². The monoisotopic (exact) mass is 616 g/mol. The van der Waals surface area contributed by atoms with Crippen LogP contribution in [0.4, 0.5) is 11.4 Å². The zero-order valence-electron chi connectivity index (χ0n) is 29.4. The van der Waals surface area contributed by atoms with Gasteiger partial charge in [-0.2, -0.15) is 0 Å². The van der Waals surface area contributed by atoms with E-state index in [1.54, 1.807) is 11.1 Å². The Labute approximate surface area is 281 Å². The molecule has 4 aromatic carbocycles. The van der Waals surface area contributed by atoms with E-state index in [1.807, 2.05) is 24.3 Å². The third-order valence-corrected chi connectivity index (χ3v) is 9.89. The van der Waals surface area contributed by atoms with Gasteiger partial charge in [-0.1, -0.05) is 113 Å². The summed E-state index contributed by atoms with van der Waals surface area (Å²) in [5, 5.41) is 0. The van der Waals surface area contributed by atoms with Crippen LogP contribution in [0.15, 0.2) is 72.8 Å². The maximum atomic E-state index is 5.85. The van der Waals surface area contributed by atoms with Crippen LogP contribution in [0.2, 0.25) is 0 Å². The number of nitrogens with two attached hydrogens (primary N) is 2. The summed E-state index contributed by atoms with van der Waals surface area (Å²) in [6, 6.07) is 26.1. The van der Waals surface area contributed by atoms with Gasteiger partial charge >= 0.3 is 0 Å². The molecule has 0 spiro atoms. The Morgan fingerprint density at radius 2 is 0.609 bits per heavy atom. The first kappa shape index (κ1) is 35.3. The third kappa shape index (κ3) is 11.7. The van der Waals surface area contributed by atoms with Crippen molar-refractivity contribution in [1.29, 1.82) is 0 Å². The van der Waals surface area contributed by atoms with Crippen molar-refractivity contribution in [3.63, 3.8) is 0 Å². The predicted molar refractivity (Wildman–Crippen MR) is 202 cm³/mol. The highest BCUT2D eigenvalue weighted by Crippen LogP contribution is 2.24. The fourth-order valence-corrected chi connectivity index (χ4v) is 7.27. The molecule has 0 saturated carbocycles. The molecule has 0 bridgehead atoms. The quantitative estimate of drug-likeness (QED) is 0.0813. The first-order valence-corrected chi connectivity index (χ1v) is 18.2. The Kier molecular flexibility index (Phi) is 14.3. The summed E-state index contributed by atoms with van der Waals surface area (Å²) in [7, 11) is 0. The van der Waals surface area contributed by atoms with Crippen LogP contribution < -0.4 is 11.5 Å². The van der Waals surface area contributed by atoms with Gasteiger partial charge < -0.3 is 11.5 Å². The number of anilines is 2. The molecule has 0 saturated heterocycles. The van der Waals surface area contributed by atoms with Crippen molar-refractivity contribution in [1.82, 2.24) is 0 Å². The molecule has 0 aliphatic carbocycles. The van der Waals surface area contributed by atoms with Crippen LogP contribution >= 0.6 is 0 Å². The lowest BCUT2D eigenvalue weighted by Crippen LogP contribution is -1.98. The molecule has 2 heteroatoms. The Hall–Kier alpha value is -3.52. The van der Waals surface area contributed by atoms with E-state index >= 15 is 0 Å². The molecule has 2 nitrogen and oxygen atoms in total. The van der Waals surface area contributed by atoms with Gasteiger partial charge in [0, 0.05) is 11.4 Å². The number of rotatable bonds is 19. The Morgan fingerprint density at radius 3 is 0.891 bits per heavy atom. The minimum absolute atomic E-state index is 0.833. The molecule has 46 heavy (non-hydrogen) atoms. The average Bonchev–Trinajstić information content (AvgIpc) is 3.02. The van der Waals surface area contributed by atoms with E-state index in [0.717, 1.165) is 24.2 Å². The summed E-state index contributed by atoms with van der Waals surface area (Å²) >= 11 is 0. The first-order chi connectivity index (χ1) is 22.3. The molecule has 0 atom stereocenters. The van der Waals surface area contributed by atoms with Crippen LogP contribution in [0.1, 0.15) is 133 Å². The first-order valence-electron chi connectivity index (χ1n) is 18.2. The van der Waals surface area contributed by atoms with Gasteiger partial charge in [-0.25, -0.2) is 0 Å². The van der Waals surface area contributed by atoms with Crippen molar-refractivity contribution in [2.75, 3.05) is 11.5 Å². The fraction of sp³-hybridized carbons (Fsp3) is 0.455. The minimum atomic E-state index is 0.833. The van der Waals surface area contributed by atoms with Crippen molar-refractivity contribution in [2.45, 2.75) is 130 Å². The largest absolute Gasteiger partial charge is 0.399 e. The predicted octanol–water partition coefficient (Wildman–Crippen LogP) is 11.7. The fourth-order valence-electron chi connectivity index (χ4n) is 7.27. The lowest BCUT2D eigenvalue weighted by atomic mass is 9.92. The molecule has 0 aliphatic heterocycles. The van der Waals surface area contributed by atoms with Gasteiger partial charge in [0.2, 0.25) is 0 Å². The molecular formula is C44H60N2. The second-order valence-corrected chi connectivity index (χ2v) is 14.0. The second-order valence-electron chi connectivity index (χ2n) is 14.0. The lowest BCUT2D eigenvalue weighted by Gasteiger charge is -2.13. The Bertz CT molecular complexity index is 1320. The molecule has 0 heterocycles. The van der Waals surface area contributed by atoms with Gasteiger partial charge in [-0.15, -0.1) is 0 Å². The van der Waals surface area contributed by atoms with Gasteiger partial charge in [0.1, 0.15) is 0 Å². The highest BCUT2D eigenvalue weighted by atomic mass is 14.5. The van der Waals surface area contributed by atoms with E-state index in [4.69, 9.17) is 11.5 Å². The van der Waals surface area contributed by atoms with Crippen molar-refractivity contribution in [3.8, 4) is 0 Å². The summed E-state index contributed by atoms with van der Waals surface area (Å²) in [6.07, 6.45) is 20.9. The number of benzene rings is 4. The van der Waals surface area contributed by atoms with Crippen LogP contribution in [0.25, 0.3) is 0 Å². The van der Waals surface area contributed by atoms with Crippen LogP contribution in [0, 0.1) is 27.7 Å². The second kappa shape index (κ2) is 18.6. The molecule has 0 unspecified atom stereocenters. The summed E-state index contributed by atoms with van der Waals surface area (Å²) in [5.74, 6) is 0. The molecule has 246 valence electrons. The smallest absolute Gasteiger partial charge is 0.0314 e. The summed E-state index contributed by atoms with van der Waals surface area (Å²) in [5.41, 5.74) is 27.8. The zero-order chi connectivity index (χ0) is 32.7. The molecule has 0 aromatic heterocycles. The maximum Gasteiger partial charge on any atom is 0.0314 e. The molecule has 0 amide bonds. The van der Waals surface area contributed by atoms with Gasteiger partial charge in [-0.3, -0.25) is 0 Å². The Morgan fingerprint density at radius 1 is 0.348 bits per heavy atom. The van der Waals surface area contributed by atoms with Gasteiger partial charge in [0.15, 0.2) is 0 Å². The third-order valence-electron chi connectivity index (χ3n) is 9.89. The molecule has 4 aromatic rings. The van der Waals surface area contributed by atoms with Crippen LogP contribution in [0.3, 0.4) is 0 Å². The van der Waals surface area contributed by atoms with Crippen LogP contribution in [-0.4, -0.2) is 0 Å². The number of hydrogen-bond acceptors (Lipinski definition) is 2. The molecule has 4 rings (SSSR count). The average molecular weight is 617 g/mol. The summed E-state index contributed by atoms with van der Waals surface area (Å²) in [4.78, 5) is 0. The van der Waals surface area contributed by atoms with Crippen molar-refractivity contribution in [3.05, 3.63) is 128 Å². The van der Waals surface area contributed by atoms with Crippen molar-refractivity contribution < 1.29 is 0 Å². The van der Waals surface area contributed by atoms with E-state index < -0.39 is 0 Å². The van der Waals surface area contributed by atoms with E-state index in [-0.39, 0.29) is 0 Å². The lowest BCUT2D eigenvalue weighted by molar-refractivity contribution is 0.540. The zero-order valence-corrected chi connectivity index (χ0v) is 29.4. The molecule has 4 N–H and O–H groups in total. The minimum Gasteiger partial charge on any atom is -0.399 e. The van der Waals surface area contributed by atoms with Gasteiger partial charge in [0.05, 0.1) is 0 Å². The maximum absolute atomic E-state index is 5.85. The van der Waals surface area contributed by atoms with E-state index in [0.29, 0.717) is 0 Å². The van der Waals surface area contributed by atoms with Crippen LogP contribution in [-0.2, 0) is 25.7 Å². The molecular weight excluding hydrogens is 556 g/mol. The molecule has 0 fully saturated rings. The summed E-state index contributed by atoms with van der Waals surface area (Å²) in [6.45, 7) is 9.17. The SMILES string of the molecule is Cc1cc(Cc2ccc(N)cc2)cc(C)c1CCCCCCCCCCCCCCc1c(C)cc(Cc2ccc(N)cc2)cc1C. The topological polar surface area (TPSA) is 52.0 Å².